The van der Waals surface area contributed by atoms with E-state index in [-0.39, 0.29) is 0 Å². The van der Waals surface area contributed by atoms with Gasteiger partial charge >= 0.3 is 0 Å². The third-order valence-electron chi connectivity index (χ3n) is 2.87. The van der Waals surface area contributed by atoms with Gasteiger partial charge in [0.05, 0.1) is 16.8 Å². The first kappa shape index (κ1) is 10.1. The number of nitrogens with one attached hydrogen (secondary N) is 1. The summed E-state index contributed by atoms with van der Waals surface area (Å²) in [4.78, 5) is 5.45. The summed E-state index contributed by atoms with van der Waals surface area (Å²) in [6.07, 6.45) is 3.06. The molecule has 14 heavy (non-hydrogen) atoms. The highest BCUT2D eigenvalue weighted by Gasteiger charge is 2.33. The van der Waals surface area contributed by atoms with E-state index in [1.165, 1.54) is 4.88 Å². The minimum Gasteiger partial charge on any atom is -0.389 e. The van der Waals surface area contributed by atoms with E-state index in [0.29, 0.717) is 6.54 Å². The van der Waals surface area contributed by atoms with E-state index >= 15 is 0 Å². The number of aromatic nitrogens is 1. The minimum atomic E-state index is -0.418. The monoisotopic (exact) mass is 212 g/mol. The molecule has 0 aliphatic heterocycles. The van der Waals surface area contributed by atoms with Crippen molar-refractivity contribution in [2.24, 2.45) is 0 Å². The highest BCUT2D eigenvalue weighted by atomic mass is 32.1. The van der Waals surface area contributed by atoms with Crippen LogP contribution in [0.5, 0.6) is 0 Å². The topological polar surface area (TPSA) is 45.2 Å². The van der Waals surface area contributed by atoms with Crippen LogP contribution in [0, 0.1) is 6.92 Å². The lowest BCUT2D eigenvalue weighted by Gasteiger charge is -2.36. The Morgan fingerprint density at radius 2 is 2.43 bits per heavy atom. The molecule has 1 aromatic heterocycles. The molecule has 0 atom stereocenters. The van der Waals surface area contributed by atoms with Crippen molar-refractivity contribution in [1.29, 1.82) is 0 Å². The summed E-state index contributed by atoms with van der Waals surface area (Å²) >= 11 is 1.67. The number of thiazole rings is 1. The van der Waals surface area contributed by atoms with Crippen molar-refractivity contribution in [3.63, 3.8) is 0 Å². The highest BCUT2D eigenvalue weighted by Crippen LogP contribution is 2.30. The fraction of sp³-hybridized carbons (Fsp3) is 0.700. The summed E-state index contributed by atoms with van der Waals surface area (Å²) < 4.78 is 0. The van der Waals surface area contributed by atoms with Gasteiger partial charge in [0.2, 0.25) is 0 Å². The SMILES string of the molecule is Cc1ncsc1CNCC1(O)CCC1. The van der Waals surface area contributed by atoms with Crippen LogP contribution in [-0.2, 0) is 6.54 Å². The maximum Gasteiger partial charge on any atom is 0.0798 e. The molecule has 2 rings (SSSR count). The molecule has 1 aliphatic rings. The first-order chi connectivity index (χ1) is 6.70. The predicted molar refractivity (Wildman–Crippen MR) is 57.4 cm³/mol. The number of aliphatic hydroxyl groups is 1. The number of hydrogen-bond donors (Lipinski definition) is 2. The van der Waals surface area contributed by atoms with Crippen LogP contribution in [0.3, 0.4) is 0 Å². The normalized spacial score (nSPS) is 19.3. The summed E-state index contributed by atoms with van der Waals surface area (Å²) in [5, 5.41) is 13.1. The zero-order valence-electron chi connectivity index (χ0n) is 8.42. The van der Waals surface area contributed by atoms with Gasteiger partial charge in [0.15, 0.2) is 0 Å². The molecule has 0 saturated heterocycles. The largest absolute Gasteiger partial charge is 0.389 e. The Hall–Kier alpha value is -0.450. The lowest BCUT2D eigenvalue weighted by Crippen LogP contribution is -2.45. The van der Waals surface area contributed by atoms with Gasteiger partial charge in [-0.1, -0.05) is 0 Å². The number of nitrogens with zero attached hydrogens (tertiary/aromatic N) is 1. The van der Waals surface area contributed by atoms with Crippen LogP contribution >= 0.6 is 11.3 Å². The lowest BCUT2D eigenvalue weighted by atomic mass is 9.80. The standard InChI is InChI=1S/C10H16N2OS/c1-8-9(14-7-12-8)5-11-6-10(13)3-2-4-10/h7,11,13H,2-6H2,1H3. The Labute approximate surface area is 88.2 Å². The maximum atomic E-state index is 9.83. The predicted octanol–water partition coefficient (Wildman–Crippen LogP) is 1.46. The Morgan fingerprint density at radius 3 is 2.93 bits per heavy atom. The molecule has 1 heterocycles. The van der Waals surface area contributed by atoms with Crippen LogP contribution in [-0.4, -0.2) is 22.2 Å². The smallest absolute Gasteiger partial charge is 0.0798 e. The van der Waals surface area contributed by atoms with Gasteiger partial charge in [-0.05, 0) is 26.2 Å². The number of aryl methyl sites for hydroxylation is 1. The molecule has 1 fully saturated rings. The molecule has 0 unspecified atom stereocenters. The van der Waals surface area contributed by atoms with Crippen LogP contribution in [0.25, 0.3) is 0 Å². The molecule has 2 N–H and O–H groups in total. The first-order valence-electron chi connectivity index (χ1n) is 5.02. The van der Waals surface area contributed by atoms with E-state index in [9.17, 15) is 5.11 Å². The van der Waals surface area contributed by atoms with Crippen molar-refractivity contribution in [1.82, 2.24) is 10.3 Å². The second-order valence-electron chi connectivity index (χ2n) is 4.04. The average Bonchev–Trinajstić information content (AvgIpc) is 2.49. The van der Waals surface area contributed by atoms with Gasteiger partial charge in [-0.3, -0.25) is 0 Å². The van der Waals surface area contributed by atoms with Crippen molar-refractivity contribution >= 4 is 11.3 Å². The van der Waals surface area contributed by atoms with E-state index in [2.05, 4.69) is 10.3 Å². The van der Waals surface area contributed by atoms with Crippen LogP contribution in [0.15, 0.2) is 5.51 Å². The van der Waals surface area contributed by atoms with Crippen molar-refractivity contribution < 1.29 is 5.11 Å². The summed E-state index contributed by atoms with van der Waals surface area (Å²) in [5.74, 6) is 0. The van der Waals surface area contributed by atoms with E-state index in [0.717, 1.165) is 31.5 Å². The van der Waals surface area contributed by atoms with Gasteiger partial charge in [-0.25, -0.2) is 4.98 Å². The van der Waals surface area contributed by atoms with Crippen LogP contribution in [0.1, 0.15) is 29.8 Å². The summed E-state index contributed by atoms with van der Waals surface area (Å²) in [7, 11) is 0. The third kappa shape index (κ3) is 2.13. The van der Waals surface area contributed by atoms with Crippen LogP contribution in [0.4, 0.5) is 0 Å². The van der Waals surface area contributed by atoms with Gasteiger partial charge in [0, 0.05) is 18.0 Å². The fourth-order valence-corrected chi connectivity index (χ4v) is 2.41. The van der Waals surface area contributed by atoms with Gasteiger partial charge < -0.3 is 10.4 Å². The van der Waals surface area contributed by atoms with Crippen molar-refractivity contribution in [3.8, 4) is 0 Å². The Balaban J connectivity index is 1.75. The molecule has 0 radical (unpaired) electrons. The molecular weight excluding hydrogens is 196 g/mol. The van der Waals surface area contributed by atoms with E-state index in [1.54, 1.807) is 11.3 Å². The molecule has 1 saturated carbocycles. The van der Waals surface area contributed by atoms with Gasteiger partial charge in [-0.15, -0.1) is 11.3 Å². The molecule has 0 bridgehead atoms. The zero-order chi connectivity index (χ0) is 10.0. The molecule has 1 aliphatic carbocycles. The van der Waals surface area contributed by atoms with Gasteiger partial charge in [-0.2, -0.15) is 0 Å². The second kappa shape index (κ2) is 3.96. The van der Waals surface area contributed by atoms with Gasteiger partial charge in [0.1, 0.15) is 0 Å². The molecule has 4 heteroatoms. The number of hydrogen-bond acceptors (Lipinski definition) is 4. The van der Waals surface area contributed by atoms with E-state index < -0.39 is 5.60 Å². The Bertz CT molecular complexity index is 307. The molecule has 0 spiro atoms. The van der Waals surface area contributed by atoms with E-state index in [1.807, 2.05) is 12.4 Å². The third-order valence-corrected chi connectivity index (χ3v) is 3.80. The first-order valence-corrected chi connectivity index (χ1v) is 5.90. The minimum absolute atomic E-state index is 0.418. The van der Waals surface area contributed by atoms with Crippen LogP contribution in [0.2, 0.25) is 0 Å². The van der Waals surface area contributed by atoms with Crippen molar-refractivity contribution in [2.45, 2.75) is 38.3 Å². The second-order valence-corrected chi connectivity index (χ2v) is 4.98. The lowest BCUT2D eigenvalue weighted by molar-refractivity contribution is -0.0314. The summed E-state index contributed by atoms with van der Waals surface area (Å²) in [6, 6.07) is 0. The molecule has 0 aromatic carbocycles. The quantitative estimate of drug-likeness (QED) is 0.794. The van der Waals surface area contributed by atoms with Crippen molar-refractivity contribution in [3.05, 3.63) is 16.1 Å². The summed E-state index contributed by atoms with van der Waals surface area (Å²) in [5.41, 5.74) is 2.55. The molecule has 78 valence electrons. The van der Waals surface area contributed by atoms with E-state index in [4.69, 9.17) is 0 Å². The highest BCUT2D eigenvalue weighted by molar-refractivity contribution is 7.09. The average molecular weight is 212 g/mol. The Morgan fingerprint density at radius 1 is 1.64 bits per heavy atom. The van der Waals surface area contributed by atoms with Gasteiger partial charge in [0.25, 0.3) is 0 Å². The molecular formula is C10H16N2OS. The fourth-order valence-electron chi connectivity index (χ4n) is 1.67. The summed E-state index contributed by atoms with van der Waals surface area (Å²) in [6.45, 7) is 3.56. The van der Waals surface area contributed by atoms with Crippen LogP contribution < -0.4 is 5.32 Å². The number of rotatable bonds is 4. The molecule has 1 aromatic rings. The maximum absolute atomic E-state index is 9.83. The van der Waals surface area contributed by atoms with Crippen molar-refractivity contribution in [2.75, 3.05) is 6.54 Å². The Kier molecular flexibility index (Phi) is 2.85. The molecule has 3 nitrogen and oxygen atoms in total. The molecule has 0 amide bonds. The zero-order valence-corrected chi connectivity index (χ0v) is 9.23.